The molecule has 1 saturated heterocycles. The smallest absolute Gasteiger partial charge is 0.209 e. The Labute approximate surface area is 171 Å². The highest BCUT2D eigenvalue weighted by atomic mass is 32.2. The van der Waals surface area contributed by atoms with Gasteiger partial charge in [0.2, 0.25) is 5.89 Å². The number of sulfone groups is 1. The zero-order valence-electron chi connectivity index (χ0n) is 16.3. The molecule has 7 heteroatoms. The van der Waals surface area contributed by atoms with Crippen LogP contribution in [0.5, 0.6) is 5.75 Å². The third-order valence-electron chi connectivity index (χ3n) is 5.22. The van der Waals surface area contributed by atoms with Gasteiger partial charge in [-0.25, -0.2) is 13.4 Å². The molecule has 0 aliphatic carbocycles. The molecule has 29 heavy (non-hydrogen) atoms. The number of methoxy groups -OCH3 is 1. The fourth-order valence-corrected chi connectivity index (χ4v) is 5.40. The van der Waals surface area contributed by atoms with Gasteiger partial charge in [-0.1, -0.05) is 42.5 Å². The number of aromatic nitrogens is 1. The predicted octanol–water partition coefficient (Wildman–Crippen LogP) is 3.54. The van der Waals surface area contributed by atoms with Crippen LogP contribution in [0, 0.1) is 0 Å². The van der Waals surface area contributed by atoms with Crippen LogP contribution in [0.1, 0.15) is 17.9 Å². The van der Waals surface area contributed by atoms with Gasteiger partial charge in [0.1, 0.15) is 5.75 Å². The lowest BCUT2D eigenvalue weighted by molar-refractivity contribution is 0.176. The van der Waals surface area contributed by atoms with E-state index >= 15 is 0 Å². The van der Waals surface area contributed by atoms with E-state index in [4.69, 9.17) is 9.15 Å². The molecule has 1 atom stereocenters. The van der Waals surface area contributed by atoms with Gasteiger partial charge in [0, 0.05) is 18.2 Å². The van der Waals surface area contributed by atoms with E-state index in [9.17, 15) is 8.42 Å². The summed E-state index contributed by atoms with van der Waals surface area (Å²) in [6, 6.07) is 17.6. The van der Waals surface area contributed by atoms with Crippen LogP contribution in [0.2, 0.25) is 0 Å². The highest BCUT2D eigenvalue weighted by molar-refractivity contribution is 7.91. The van der Waals surface area contributed by atoms with Gasteiger partial charge in [0.25, 0.3) is 0 Å². The molecule has 0 radical (unpaired) electrons. The number of nitrogens with zero attached hydrogens (tertiary/aromatic N) is 2. The molecular formula is C22H24N2O4S. The third kappa shape index (κ3) is 4.86. The molecule has 0 unspecified atom stereocenters. The monoisotopic (exact) mass is 412 g/mol. The van der Waals surface area contributed by atoms with E-state index in [2.05, 4.69) is 9.88 Å². The van der Waals surface area contributed by atoms with E-state index in [0.29, 0.717) is 31.2 Å². The summed E-state index contributed by atoms with van der Waals surface area (Å²) < 4.78 is 35.3. The summed E-state index contributed by atoms with van der Waals surface area (Å²) in [5.74, 6) is 2.50. The first-order valence-corrected chi connectivity index (χ1v) is 11.4. The summed E-state index contributed by atoms with van der Waals surface area (Å²) in [6.07, 6.45) is 2.35. The van der Waals surface area contributed by atoms with Crippen LogP contribution in [-0.4, -0.2) is 43.0 Å². The molecule has 0 spiro atoms. The number of hydrogen-bond donors (Lipinski definition) is 0. The van der Waals surface area contributed by atoms with Crippen molar-refractivity contribution in [2.24, 2.45) is 0 Å². The van der Waals surface area contributed by atoms with E-state index in [1.807, 2.05) is 54.6 Å². The summed E-state index contributed by atoms with van der Waals surface area (Å²) in [5.41, 5.74) is 2.06. The van der Waals surface area contributed by atoms with Gasteiger partial charge in [-0.2, -0.15) is 0 Å². The minimum absolute atomic E-state index is 0.0471. The lowest BCUT2D eigenvalue weighted by Crippen LogP contribution is -2.35. The number of oxazole rings is 1. The highest BCUT2D eigenvalue weighted by Gasteiger charge is 2.33. The van der Waals surface area contributed by atoms with E-state index in [-0.39, 0.29) is 17.5 Å². The first-order valence-electron chi connectivity index (χ1n) is 9.60. The Morgan fingerprint density at radius 3 is 2.52 bits per heavy atom. The van der Waals surface area contributed by atoms with Crippen molar-refractivity contribution in [3.8, 4) is 17.1 Å². The standard InChI is InChI=1S/C22H24N2O4S/c1-27-20-9-7-17(8-10-20)14-24(19-11-12-29(25,26)16-19)15-22-23-13-21(28-22)18-5-3-2-4-6-18/h2-10,13,19H,11-12,14-16H2,1H3/t19-/m0/s1. The van der Waals surface area contributed by atoms with Gasteiger partial charge in [-0.3, -0.25) is 4.90 Å². The second-order valence-electron chi connectivity index (χ2n) is 7.29. The van der Waals surface area contributed by atoms with Crippen LogP contribution >= 0.6 is 0 Å². The van der Waals surface area contributed by atoms with Gasteiger partial charge in [0.15, 0.2) is 15.6 Å². The Morgan fingerprint density at radius 1 is 1.10 bits per heavy atom. The van der Waals surface area contributed by atoms with E-state index in [1.165, 1.54) is 0 Å². The predicted molar refractivity (Wildman–Crippen MR) is 111 cm³/mol. The van der Waals surface area contributed by atoms with Crippen molar-refractivity contribution in [1.29, 1.82) is 0 Å². The Bertz CT molecular complexity index is 1050. The van der Waals surface area contributed by atoms with E-state index < -0.39 is 9.84 Å². The fraction of sp³-hybridized carbons (Fsp3) is 0.318. The summed E-state index contributed by atoms with van der Waals surface area (Å²) in [7, 11) is -1.35. The SMILES string of the molecule is COc1ccc(CN(Cc2ncc(-c3ccccc3)o2)[C@H]2CCS(=O)(=O)C2)cc1. The normalized spacial score (nSPS) is 18.2. The number of hydrogen-bond acceptors (Lipinski definition) is 6. The molecule has 1 aromatic heterocycles. The minimum atomic E-state index is -2.99. The summed E-state index contributed by atoms with van der Waals surface area (Å²) in [5, 5.41) is 0. The lowest BCUT2D eigenvalue weighted by Gasteiger charge is -2.26. The molecule has 152 valence electrons. The van der Waals surface area contributed by atoms with Crippen molar-refractivity contribution >= 4 is 9.84 Å². The topological polar surface area (TPSA) is 72.6 Å². The van der Waals surface area contributed by atoms with Crippen LogP contribution < -0.4 is 4.74 Å². The van der Waals surface area contributed by atoms with Crippen molar-refractivity contribution in [3.63, 3.8) is 0 Å². The Hall–Kier alpha value is -2.64. The van der Waals surface area contributed by atoms with Gasteiger partial charge < -0.3 is 9.15 Å². The molecule has 4 rings (SSSR count). The van der Waals surface area contributed by atoms with Crippen LogP contribution in [-0.2, 0) is 22.9 Å². The molecule has 3 aromatic rings. The lowest BCUT2D eigenvalue weighted by atomic mass is 10.1. The first kappa shape index (κ1) is 19.7. The molecule has 6 nitrogen and oxygen atoms in total. The Morgan fingerprint density at radius 2 is 1.86 bits per heavy atom. The Kier molecular flexibility index (Phi) is 5.69. The zero-order chi connectivity index (χ0) is 20.3. The second kappa shape index (κ2) is 8.39. The first-order chi connectivity index (χ1) is 14.0. The van der Waals surface area contributed by atoms with Gasteiger partial charge in [-0.05, 0) is 24.1 Å². The quantitative estimate of drug-likeness (QED) is 0.591. The summed E-state index contributed by atoms with van der Waals surface area (Å²) >= 11 is 0. The maximum atomic E-state index is 12.0. The zero-order valence-corrected chi connectivity index (χ0v) is 17.1. The molecule has 2 aromatic carbocycles. The third-order valence-corrected chi connectivity index (χ3v) is 6.97. The molecule has 1 aliphatic heterocycles. The molecule has 0 bridgehead atoms. The maximum Gasteiger partial charge on any atom is 0.209 e. The van der Waals surface area contributed by atoms with Crippen molar-refractivity contribution in [3.05, 3.63) is 72.2 Å². The summed E-state index contributed by atoms with van der Waals surface area (Å²) in [4.78, 5) is 6.58. The molecule has 2 heterocycles. The van der Waals surface area contributed by atoms with Crippen LogP contribution in [0.4, 0.5) is 0 Å². The second-order valence-corrected chi connectivity index (χ2v) is 9.52. The average molecular weight is 413 g/mol. The van der Waals surface area contributed by atoms with Crippen molar-refractivity contribution in [2.75, 3.05) is 18.6 Å². The van der Waals surface area contributed by atoms with Crippen molar-refractivity contribution in [1.82, 2.24) is 9.88 Å². The van der Waals surface area contributed by atoms with Crippen LogP contribution in [0.3, 0.4) is 0 Å². The van der Waals surface area contributed by atoms with Crippen LogP contribution in [0.25, 0.3) is 11.3 Å². The van der Waals surface area contributed by atoms with Crippen molar-refractivity contribution < 1.29 is 17.6 Å². The highest BCUT2D eigenvalue weighted by Crippen LogP contribution is 2.25. The molecule has 0 saturated carbocycles. The van der Waals surface area contributed by atoms with E-state index in [1.54, 1.807) is 13.3 Å². The van der Waals surface area contributed by atoms with Gasteiger partial charge >= 0.3 is 0 Å². The number of benzene rings is 2. The molecule has 1 fully saturated rings. The molecule has 0 amide bonds. The van der Waals surface area contributed by atoms with Gasteiger partial charge in [0.05, 0.1) is 31.4 Å². The maximum absolute atomic E-state index is 12.0. The minimum Gasteiger partial charge on any atom is -0.497 e. The Balaban J connectivity index is 1.54. The fourth-order valence-electron chi connectivity index (χ4n) is 3.64. The summed E-state index contributed by atoms with van der Waals surface area (Å²) in [6.45, 7) is 1.08. The number of ether oxygens (including phenoxy) is 1. The number of rotatable bonds is 7. The van der Waals surface area contributed by atoms with Crippen molar-refractivity contribution in [2.45, 2.75) is 25.6 Å². The van der Waals surface area contributed by atoms with Crippen LogP contribution in [0.15, 0.2) is 65.2 Å². The van der Waals surface area contributed by atoms with E-state index in [0.717, 1.165) is 16.9 Å². The molecule has 1 aliphatic rings. The molecular weight excluding hydrogens is 388 g/mol. The van der Waals surface area contributed by atoms with Gasteiger partial charge in [-0.15, -0.1) is 0 Å². The largest absolute Gasteiger partial charge is 0.497 e. The molecule has 0 N–H and O–H groups in total. The average Bonchev–Trinajstić information content (AvgIpc) is 3.35.